The van der Waals surface area contributed by atoms with Crippen LogP contribution < -0.4 is 0 Å². The monoisotopic (exact) mass is 289 g/mol. The summed E-state index contributed by atoms with van der Waals surface area (Å²) in [4.78, 5) is 21.7. The molecule has 0 aromatic carbocycles. The summed E-state index contributed by atoms with van der Waals surface area (Å²) in [6.07, 6.45) is 8.42. The van der Waals surface area contributed by atoms with Crippen molar-refractivity contribution >= 4 is 5.91 Å². The third-order valence-corrected chi connectivity index (χ3v) is 2.60. The van der Waals surface area contributed by atoms with Crippen LogP contribution in [0.25, 0.3) is 0 Å². The molecular formula is C14H27NO5. The molecule has 20 heavy (non-hydrogen) atoms. The number of aliphatic hydroxyl groups excluding tert-OH is 2. The van der Waals surface area contributed by atoms with Gasteiger partial charge in [-0.3, -0.25) is 4.79 Å². The fourth-order valence-electron chi connectivity index (χ4n) is 1.62. The zero-order valence-electron chi connectivity index (χ0n) is 12.1. The first-order valence-corrected chi connectivity index (χ1v) is 7.17. The SMILES string of the molecule is C=CCCCCCCCC(=O)N(OCCO)OCCO. The Balaban J connectivity index is 3.73. The molecule has 0 saturated heterocycles. The van der Waals surface area contributed by atoms with Crippen molar-refractivity contribution in [2.24, 2.45) is 0 Å². The molecule has 0 rings (SSSR count). The second-order valence-corrected chi connectivity index (χ2v) is 4.36. The van der Waals surface area contributed by atoms with Crippen LogP contribution in [0.2, 0.25) is 0 Å². The third kappa shape index (κ3) is 10.9. The summed E-state index contributed by atoms with van der Waals surface area (Å²) in [6.45, 7) is 3.24. The molecule has 0 aromatic heterocycles. The Morgan fingerprint density at radius 3 is 2.10 bits per heavy atom. The predicted molar refractivity (Wildman–Crippen MR) is 75.4 cm³/mol. The first-order valence-electron chi connectivity index (χ1n) is 7.17. The largest absolute Gasteiger partial charge is 0.394 e. The Morgan fingerprint density at radius 2 is 1.55 bits per heavy atom. The third-order valence-electron chi connectivity index (χ3n) is 2.60. The molecule has 0 fully saturated rings. The van der Waals surface area contributed by atoms with Crippen LogP contribution in [0.3, 0.4) is 0 Å². The Kier molecular flexibility index (Phi) is 13.8. The molecule has 118 valence electrons. The van der Waals surface area contributed by atoms with Crippen molar-refractivity contribution in [3.8, 4) is 0 Å². The average molecular weight is 289 g/mol. The van der Waals surface area contributed by atoms with Gasteiger partial charge >= 0.3 is 0 Å². The fourth-order valence-corrected chi connectivity index (χ4v) is 1.62. The van der Waals surface area contributed by atoms with E-state index >= 15 is 0 Å². The number of hydroxylamine groups is 2. The number of carbonyl (C=O) groups is 1. The zero-order valence-corrected chi connectivity index (χ0v) is 12.1. The normalized spacial score (nSPS) is 10.5. The highest BCUT2D eigenvalue weighted by Crippen LogP contribution is 2.09. The number of hydrogen-bond acceptors (Lipinski definition) is 5. The quantitative estimate of drug-likeness (QED) is 0.288. The number of allylic oxidation sites excluding steroid dienone is 1. The highest BCUT2D eigenvalue weighted by atomic mass is 17.0. The number of nitrogens with zero attached hydrogens (tertiary/aromatic N) is 1. The van der Waals surface area contributed by atoms with Gasteiger partial charge in [-0.15, -0.1) is 6.58 Å². The predicted octanol–water partition coefficient (Wildman–Crippen LogP) is 1.58. The number of amides is 1. The molecule has 0 aliphatic heterocycles. The van der Waals surface area contributed by atoms with Crippen molar-refractivity contribution in [1.82, 2.24) is 5.23 Å². The molecule has 0 atom stereocenters. The van der Waals surface area contributed by atoms with Crippen LogP contribution >= 0.6 is 0 Å². The van der Waals surface area contributed by atoms with Gasteiger partial charge in [-0.05, 0) is 19.3 Å². The van der Waals surface area contributed by atoms with Crippen molar-refractivity contribution in [3.05, 3.63) is 12.7 Å². The molecule has 0 aromatic rings. The maximum Gasteiger partial charge on any atom is 0.273 e. The summed E-state index contributed by atoms with van der Waals surface area (Å²) < 4.78 is 0. The van der Waals surface area contributed by atoms with Gasteiger partial charge in [-0.1, -0.05) is 30.6 Å². The van der Waals surface area contributed by atoms with Crippen molar-refractivity contribution in [3.63, 3.8) is 0 Å². The highest BCUT2D eigenvalue weighted by molar-refractivity contribution is 5.73. The summed E-state index contributed by atoms with van der Waals surface area (Å²) >= 11 is 0. The van der Waals surface area contributed by atoms with Crippen LogP contribution in [0.4, 0.5) is 0 Å². The number of rotatable bonds is 14. The molecule has 0 bridgehead atoms. The van der Waals surface area contributed by atoms with Crippen molar-refractivity contribution in [1.29, 1.82) is 0 Å². The minimum atomic E-state index is -0.294. The topological polar surface area (TPSA) is 79.2 Å². The van der Waals surface area contributed by atoms with Gasteiger partial charge in [0.1, 0.15) is 13.2 Å². The molecule has 0 aliphatic rings. The van der Waals surface area contributed by atoms with Gasteiger partial charge in [0.2, 0.25) is 0 Å². The van der Waals surface area contributed by atoms with E-state index in [1.165, 1.54) is 0 Å². The summed E-state index contributed by atoms with van der Waals surface area (Å²) in [5.41, 5.74) is 0. The average Bonchev–Trinajstić information content (AvgIpc) is 2.46. The van der Waals surface area contributed by atoms with Gasteiger partial charge in [0, 0.05) is 6.42 Å². The molecule has 0 aliphatic carbocycles. The van der Waals surface area contributed by atoms with Crippen LogP contribution in [0, 0.1) is 0 Å². The number of carbonyl (C=O) groups excluding carboxylic acids is 1. The van der Waals surface area contributed by atoms with Gasteiger partial charge in [0.05, 0.1) is 13.2 Å². The van der Waals surface area contributed by atoms with E-state index in [1.54, 1.807) is 0 Å². The Hall–Kier alpha value is -0.950. The lowest BCUT2D eigenvalue weighted by molar-refractivity contribution is -0.345. The minimum Gasteiger partial charge on any atom is -0.394 e. The molecule has 0 saturated carbocycles. The lowest BCUT2D eigenvalue weighted by atomic mass is 10.1. The molecule has 0 heterocycles. The Labute approximate surface area is 120 Å². The van der Waals surface area contributed by atoms with Gasteiger partial charge in [0.15, 0.2) is 0 Å². The summed E-state index contributed by atoms with van der Waals surface area (Å²) in [7, 11) is 0. The number of unbranched alkanes of at least 4 members (excludes halogenated alkanes) is 5. The van der Waals surface area contributed by atoms with E-state index in [0.717, 1.165) is 43.8 Å². The van der Waals surface area contributed by atoms with Crippen molar-refractivity contribution < 1.29 is 24.7 Å². The van der Waals surface area contributed by atoms with E-state index in [-0.39, 0.29) is 32.3 Å². The van der Waals surface area contributed by atoms with E-state index in [2.05, 4.69) is 6.58 Å². The molecule has 0 unspecified atom stereocenters. The van der Waals surface area contributed by atoms with Gasteiger partial charge in [0.25, 0.3) is 5.91 Å². The van der Waals surface area contributed by atoms with Crippen LogP contribution in [0.15, 0.2) is 12.7 Å². The molecular weight excluding hydrogens is 262 g/mol. The molecule has 0 radical (unpaired) electrons. The van der Waals surface area contributed by atoms with E-state index in [0.29, 0.717) is 6.42 Å². The summed E-state index contributed by atoms with van der Waals surface area (Å²) in [5.74, 6) is -0.294. The summed E-state index contributed by atoms with van der Waals surface area (Å²) in [5, 5.41) is 18.1. The maximum atomic E-state index is 11.8. The van der Waals surface area contributed by atoms with Gasteiger partial charge < -0.3 is 10.2 Å². The van der Waals surface area contributed by atoms with Gasteiger partial charge in [-0.25, -0.2) is 9.68 Å². The smallest absolute Gasteiger partial charge is 0.273 e. The van der Waals surface area contributed by atoms with Crippen LogP contribution in [-0.2, 0) is 14.5 Å². The first-order chi connectivity index (χ1) is 9.76. The second kappa shape index (κ2) is 14.5. The van der Waals surface area contributed by atoms with Crippen LogP contribution in [0.1, 0.15) is 44.9 Å². The lowest BCUT2D eigenvalue weighted by Gasteiger charge is -2.19. The molecule has 2 N–H and O–H groups in total. The van der Waals surface area contributed by atoms with Crippen molar-refractivity contribution in [2.75, 3.05) is 26.4 Å². The van der Waals surface area contributed by atoms with E-state index in [9.17, 15) is 4.79 Å². The molecule has 1 amide bonds. The maximum absolute atomic E-state index is 11.8. The second-order valence-electron chi connectivity index (χ2n) is 4.36. The Bertz CT molecular complexity index is 240. The van der Waals surface area contributed by atoms with E-state index in [4.69, 9.17) is 19.9 Å². The van der Waals surface area contributed by atoms with Crippen LogP contribution in [-0.4, -0.2) is 47.8 Å². The number of aliphatic hydroxyl groups is 2. The van der Waals surface area contributed by atoms with E-state index < -0.39 is 0 Å². The Morgan fingerprint density at radius 1 is 1.00 bits per heavy atom. The standard InChI is InChI=1S/C14H27NO5/c1-2-3-4-5-6-7-8-9-14(18)15(19-12-10-16)20-13-11-17/h2,16-17H,1,3-13H2. The van der Waals surface area contributed by atoms with Crippen LogP contribution in [0.5, 0.6) is 0 Å². The van der Waals surface area contributed by atoms with Crippen molar-refractivity contribution in [2.45, 2.75) is 44.9 Å². The summed E-state index contributed by atoms with van der Waals surface area (Å²) in [6, 6.07) is 0. The molecule has 6 heteroatoms. The minimum absolute atomic E-state index is 0.0152. The fraction of sp³-hybridized carbons (Fsp3) is 0.786. The highest BCUT2D eigenvalue weighted by Gasteiger charge is 2.14. The van der Waals surface area contributed by atoms with E-state index in [1.807, 2.05) is 6.08 Å². The molecule has 6 nitrogen and oxygen atoms in total. The zero-order chi connectivity index (χ0) is 15.1. The number of hydrogen-bond donors (Lipinski definition) is 2. The lowest BCUT2D eigenvalue weighted by Crippen LogP contribution is -2.33. The molecule has 0 spiro atoms. The first kappa shape index (κ1) is 19.1. The van der Waals surface area contributed by atoms with Gasteiger partial charge in [-0.2, -0.15) is 0 Å².